The van der Waals surface area contributed by atoms with Crippen LogP contribution < -0.4 is 4.90 Å². The quantitative estimate of drug-likeness (QED) is 0.812. The zero-order chi connectivity index (χ0) is 16.3. The summed E-state index contributed by atoms with van der Waals surface area (Å²) in [7, 11) is -1.93. The molecule has 1 amide bonds. The predicted molar refractivity (Wildman–Crippen MR) is 87.7 cm³/mol. The number of carbonyl (C=O) groups is 1. The van der Waals surface area contributed by atoms with E-state index >= 15 is 0 Å². The number of anilines is 1. The highest BCUT2D eigenvalue weighted by molar-refractivity contribution is 7.88. The first-order valence-corrected chi connectivity index (χ1v) is 9.20. The van der Waals surface area contributed by atoms with E-state index in [9.17, 15) is 13.2 Å². The third-order valence-electron chi connectivity index (χ3n) is 3.75. The second kappa shape index (κ2) is 6.85. The minimum atomic E-state index is -3.34. The van der Waals surface area contributed by atoms with Crippen molar-refractivity contribution in [3.63, 3.8) is 0 Å². The van der Waals surface area contributed by atoms with Crippen molar-refractivity contribution < 1.29 is 13.2 Å². The van der Waals surface area contributed by atoms with Crippen LogP contribution in [0.2, 0.25) is 5.02 Å². The molecule has 0 bridgehead atoms. The molecule has 0 aliphatic carbocycles. The van der Waals surface area contributed by atoms with Gasteiger partial charge in [-0.15, -0.1) is 0 Å². The van der Waals surface area contributed by atoms with Crippen LogP contribution in [0, 0.1) is 0 Å². The molecule has 8 heteroatoms. The van der Waals surface area contributed by atoms with Crippen molar-refractivity contribution in [3.8, 4) is 0 Å². The molecule has 122 valence electrons. The van der Waals surface area contributed by atoms with Crippen LogP contribution in [0.4, 0.5) is 5.69 Å². The number of nitrogens with zero attached hydrogens (tertiary/aromatic N) is 3. The Morgan fingerprint density at radius 2 is 1.82 bits per heavy atom. The Hall–Kier alpha value is -1.31. The lowest BCUT2D eigenvalue weighted by atomic mass is 10.2. The summed E-state index contributed by atoms with van der Waals surface area (Å²) in [5.41, 5.74) is 0.963. The van der Waals surface area contributed by atoms with E-state index in [0.717, 1.165) is 16.2 Å². The largest absolute Gasteiger partial charge is 0.367 e. The molecule has 1 aromatic carbocycles. The summed E-state index contributed by atoms with van der Waals surface area (Å²) in [5, 5.41) is 0.694. The molecule has 0 saturated carbocycles. The van der Waals surface area contributed by atoms with Crippen LogP contribution in [0.15, 0.2) is 24.3 Å². The van der Waals surface area contributed by atoms with Gasteiger partial charge >= 0.3 is 0 Å². The molecule has 0 aromatic heterocycles. The van der Waals surface area contributed by atoms with Crippen LogP contribution in [0.25, 0.3) is 0 Å². The summed E-state index contributed by atoms with van der Waals surface area (Å²) in [6, 6.07) is 7.61. The van der Waals surface area contributed by atoms with E-state index in [1.54, 1.807) is 4.90 Å². The molecule has 2 rings (SSSR count). The molecular weight excluding hydrogens is 326 g/mol. The maximum absolute atomic E-state index is 12.1. The molecule has 0 N–H and O–H groups in total. The number of carbonyl (C=O) groups excluding carboxylic acids is 1. The van der Waals surface area contributed by atoms with Crippen LogP contribution in [-0.2, 0) is 14.8 Å². The van der Waals surface area contributed by atoms with Gasteiger partial charge in [-0.25, -0.2) is 8.42 Å². The molecule has 1 fully saturated rings. The monoisotopic (exact) mass is 345 g/mol. The van der Waals surface area contributed by atoms with Crippen molar-refractivity contribution in [1.29, 1.82) is 0 Å². The predicted octanol–water partition coefficient (Wildman–Crippen LogP) is 0.880. The van der Waals surface area contributed by atoms with Crippen molar-refractivity contribution in [1.82, 2.24) is 9.21 Å². The SMILES string of the molecule is CN(CC(=O)N1CCN(c2ccccc2Cl)CC1)S(C)(=O)=O. The fourth-order valence-electron chi connectivity index (χ4n) is 2.31. The van der Waals surface area contributed by atoms with Crippen molar-refractivity contribution in [2.75, 3.05) is 50.9 Å². The Balaban J connectivity index is 1.92. The van der Waals surface area contributed by atoms with Gasteiger partial charge in [0.25, 0.3) is 0 Å². The van der Waals surface area contributed by atoms with E-state index in [2.05, 4.69) is 4.90 Å². The maximum Gasteiger partial charge on any atom is 0.238 e. The molecule has 0 atom stereocenters. The number of piperazine rings is 1. The van der Waals surface area contributed by atoms with Gasteiger partial charge in [-0.05, 0) is 12.1 Å². The highest BCUT2D eigenvalue weighted by atomic mass is 35.5. The molecular formula is C14H20ClN3O3S. The van der Waals surface area contributed by atoms with E-state index in [-0.39, 0.29) is 12.5 Å². The first-order valence-electron chi connectivity index (χ1n) is 6.97. The lowest BCUT2D eigenvalue weighted by Gasteiger charge is -2.37. The number of hydrogen-bond donors (Lipinski definition) is 0. The van der Waals surface area contributed by atoms with Crippen LogP contribution in [0.1, 0.15) is 0 Å². The zero-order valence-corrected chi connectivity index (χ0v) is 14.3. The highest BCUT2D eigenvalue weighted by Crippen LogP contribution is 2.25. The number of halogens is 1. The smallest absolute Gasteiger partial charge is 0.238 e. The standard InChI is InChI=1S/C14H20ClN3O3S/c1-16(22(2,20)21)11-14(19)18-9-7-17(8-10-18)13-6-4-3-5-12(13)15/h3-6H,7-11H2,1-2H3. The molecule has 1 aliphatic rings. The lowest BCUT2D eigenvalue weighted by Crippen LogP contribution is -2.51. The summed E-state index contributed by atoms with van der Waals surface area (Å²) >= 11 is 6.18. The number of para-hydroxylation sites is 1. The van der Waals surface area contributed by atoms with Gasteiger partial charge in [0.1, 0.15) is 0 Å². The summed E-state index contributed by atoms with van der Waals surface area (Å²) in [5.74, 6) is -0.174. The summed E-state index contributed by atoms with van der Waals surface area (Å²) < 4.78 is 23.8. The third kappa shape index (κ3) is 4.12. The number of rotatable bonds is 4. The Morgan fingerprint density at radius 3 is 2.36 bits per heavy atom. The van der Waals surface area contributed by atoms with E-state index in [4.69, 9.17) is 11.6 Å². The van der Waals surface area contributed by atoms with Gasteiger partial charge in [-0.3, -0.25) is 4.79 Å². The van der Waals surface area contributed by atoms with E-state index in [0.29, 0.717) is 31.2 Å². The Labute approximate surface area is 136 Å². The van der Waals surface area contributed by atoms with Crippen LogP contribution >= 0.6 is 11.6 Å². The van der Waals surface area contributed by atoms with Crippen LogP contribution in [0.5, 0.6) is 0 Å². The van der Waals surface area contributed by atoms with E-state index in [1.165, 1.54) is 7.05 Å². The van der Waals surface area contributed by atoms with Gasteiger partial charge < -0.3 is 9.80 Å². The van der Waals surface area contributed by atoms with Crippen molar-refractivity contribution in [2.45, 2.75) is 0 Å². The Kier molecular flexibility index (Phi) is 5.31. The molecule has 6 nitrogen and oxygen atoms in total. The van der Waals surface area contributed by atoms with Gasteiger partial charge in [0.05, 0.1) is 23.5 Å². The highest BCUT2D eigenvalue weighted by Gasteiger charge is 2.24. The second-order valence-electron chi connectivity index (χ2n) is 5.34. The maximum atomic E-state index is 12.1. The molecule has 1 aliphatic heterocycles. The van der Waals surface area contributed by atoms with Gasteiger partial charge in [0.15, 0.2) is 0 Å². The number of amides is 1. The minimum Gasteiger partial charge on any atom is -0.367 e. The van der Waals surface area contributed by atoms with Gasteiger partial charge in [-0.1, -0.05) is 23.7 Å². The van der Waals surface area contributed by atoms with Gasteiger partial charge in [0.2, 0.25) is 15.9 Å². The van der Waals surface area contributed by atoms with Crippen molar-refractivity contribution >= 4 is 33.2 Å². The molecule has 0 unspecified atom stereocenters. The van der Waals surface area contributed by atoms with Crippen molar-refractivity contribution in [3.05, 3.63) is 29.3 Å². The Morgan fingerprint density at radius 1 is 1.23 bits per heavy atom. The average Bonchev–Trinajstić information content (AvgIpc) is 2.47. The first-order chi connectivity index (χ1) is 10.3. The fourth-order valence-corrected chi connectivity index (χ4v) is 2.91. The zero-order valence-electron chi connectivity index (χ0n) is 12.7. The summed E-state index contributed by atoms with van der Waals surface area (Å²) in [6.07, 6.45) is 1.09. The van der Waals surface area contributed by atoms with E-state index < -0.39 is 10.0 Å². The van der Waals surface area contributed by atoms with E-state index in [1.807, 2.05) is 24.3 Å². The number of likely N-dealkylation sites (N-methyl/N-ethyl adjacent to an activating group) is 1. The molecule has 1 saturated heterocycles. The fraction of sp³-hybridized carbons (Fsp3) is 0.500. The van der Waals surface area contributed by atoms with Crippen LogP contribution in [0.3, 0.4) is 0 Å². The number of sulfonamides is 1. The number of hydrogen-bond acceptors (Lipinski definition) is 4. The topological polar surface area (TPSA) is 60.9 Å². The second-order valence-corrected chi connectivity index (χ2v) is 7.83. The summed E-state index contributed by atoms with van der Waals surface area (Å²) in [4.78, 5) is 16.0. The third-order valence-corrected chi connectivity index (χ3v) is 5.33. The van der Waals surface area contributed by atoms with Crippen LogP contribution in [-0.4, -0.2) is 69.6 Å². The lowest BCUT2D eigenvalue weighted by molar-refractivity contribution is -0.131. The molecule has 0 radical (unpaired) electrons. The van der Waals surface area contributed by atoms with Gasteiger partial charge in [-0.2, -0.15) is 4.31 Å². The Bertz CT molecular complexity index is 642. The molecule has 1 aromatic rings. The van der Waals surface area contributed by atoms with Crippen molar-refractivity contribution in [2.24, 2.45) is 0 Å². The molecule has 0 spiro atoms. The normalized spacial score (nSPS) is 16.2. The average molecular weight is 346 g/mol. The first kappa shape index (κ1) is 17.1. The number of benzene rings is 1. The molecule has 1 heterocycles. The molecule has 22 heavy (non-hydrogen) atoms. The minimum absolute atomic E-state index is 0.120. The summed E-state index contributed by atoms with van der Waals surface area (Å²) in [6.45, 7) is 2.35. The van der Waals surface area contributed by atoms with Gasteiger partial charge in [0, 0.05) is 33.2 Å².